The van der Waals surface area contributed by atoms with Crippen molar-refractivity contribution >= 4 is 12.0 Å². The number of nitrogens with one attached hydrogen (secondary N) is 2. The van der Waals surface area contributed by atoms with Gasteiger partial charge in [-0.05, 0) is 37.1 Å². The van der Waals surface area contributed by atoms with Crippen molar-refractivity contribution in [1.29, 1.82) is 0 Å². The van der Waals surface area contributed by atoms with Gasteiger partial charge in [0.2, 0.25) is 0 Å². The molecule has 1 aliphatic rings. The van der Waals surface area contributed by atoms with E-state index in [1.807, 2.05) is 11.8 Å². The van der Waals surface area contributed by atoms with E-state index in [-0.39, 0.29) is 37.0 Å². The highest BCUT2D eigenvalue weighted by Crippen LogP contribution is 2.25. The number of amides is 2. The summed E-state index contributed by atoms with van der Waals surface area (Å²) < 4.78 is 40.1. The molecule has 0 bridgehead atoms. The summed E-state index contributed by atoms with van der Waals surface area (Å²) in [5.41, 5.74) is 0.629. The van der Waals surface area contributed by atoms with E-state index < -0.39 is 12.3 Å². The fraction of sp³-hybridized carbons (Fsp3) is 0.529. The summed E-state index contributed by atoms with van der Waals surface area (Å²) in [6.07, 6.45) is -3.38. The maximum absolute atomic E-state index is 12.1. The van der Waals surface area contributed by atoms with Gasteiger partial charge in [0.15, 0.2) is 0 Å². The van der Waals surface area contributed by atoms with Crippen LogP contribution in [0.15, 0.2) is 24.3 Å². The minimum absolute atomic E-state index is 0.0197. The Hall–Kier alpha value is -2.49. The Bertz CT molecular complexity index is 646. The predicted octanol–water partition coefficient (Wildman–Crippen LogP) is 2.32. The first-order valence-electron chi connectivity index (χ1n) is 8.51. The molecule has 0 radical (unpaired) electrons. The number of rotatable bonds is 8. The van der Waals surface area contributed by atoms with Gasteiger partial charge in [-0.3, -0.25) is 9.69 Å². The molecule has 1 aromatic carbocycles. The maximum Gasteiger partial charge on any atom is 0.573 e. The molecule has 1 aliphatic carbocycles. The minimum atomic E-state index is -4.74. The lowest BCUT2D eigenvalue weighted by molar-refractivity contribution is -0.274. The topological polar surface area (TPSA) is 90.9 Å². The van der Waals surface area contributed by atoms with Gasteiger partial charge in [-0.25, -0.2) is 4.79 Å². The zero-order valence-corrected chi connectivity index (χ0v) is 14.8. The maximum atomic E-state index is 12.1. The zero-order valence-electron chi connectivity index (χ0n) is 14.8. The third kappa shape index (κ3) is 6.97. The Morgan fingerprint density at radius 1 is 1.26 bits per heavy atom. The monoisotopic (exact) mass is 389 g/mol. The number of nitrogens with zero attached hydrogens (tertiary/aromatic N) is 1. The van der Waals surface area contributed by atoms with Crippen LogP contribution in [0.3, 0.4) is 0 Å². The number of carbonyl (C=O) groups is 2. The Kier molecular flexibility index (Phi) is 6.89. The number of aliphatic carboxylic acids is 1. The average Bonchev–Trinajstić information content (AvgIpc) is 2.53. The van der Waals surface area contributed by atoms with Crippen LogP contribution < -0.4 is 15.4 Å². The van der Waals surface area contributed by atoms with E-state index in [0.29, 0.717) is 24.9 Å². The number of likely N-dealkylation sites (N-methyl/N-ethyl adjacent to an activating group) is 1. The van der Waals surface area contributed by atoms with E-state index in [0.717, 1.165) is 0 Å². The first-order valence-corrected chi connectivity index (χ1v) is 8.51. The lowest BCUT2D eigenvalue weighted by Crippen LogP contribution is -2.56. The van der Waals surface area contributed by atoms with E-state index in [9.17, 15) is 22.8 Å². The van der Waals surface area contributed by atoms with Gasteiger partial charge in [-0.2, -0.15) is 0 Å². The Balaban J connectivity index is 1.69. The van der Waals surface area contributed by atoms with E-state index in [4.69, 9.17) is 5.11 Å². The minimum Gasteiger partial charge on any atom is -0.480 e. The van der Waals surface area contributed by atoms with E-state index >= 15 is 0 Å². The van der Waals surface area contributed by atoms with Crippen LogP contribution in [0.4, 0.5) is 18.0 Å². The van der Waals surface area contributed by atoms with E-state index in [1.165, 1.54) is 24.3 Å². The van der Waals surface area contributed by atoms with Crippen molar-refractivity contribution in [2.45, 2.75) is 44.8 Å². The number of hydrogen-bond acceptors (Lipinski definition) is 4. The third-order valence-corrected chi connectivity index (χ3v) is 4.32. The van der Waals surface area contributed by atoms with Crippen LogP contribution in [-0.4, -0.2) is 53.5 Å². The summed E-state index contributed by atoms with van der Waals surface area (Å²) in [7, 11) is 0. The summed E-state index contributed by atoms with van der Waals surface area (Å²) in [6.45, 7) is 2.66. The number of halogens is 3. The summed E-state index contributed by atoms with van der Waals surface area (Å²) in [4.78, 5) is 24.5. The number of urea groups is 1. The normalized spacial score (nSPS) is 19.3. The van der Waals surface area contributed by atoms with Crippen LogP contribution in [0, 0.1) is 0 Å². The molecule has 10 heteroatoms. The Morgan fingerprint density at radius 2 is 1.89 bits per heavy atom. The van der Waals surface area contributed by atoms with Gasteiger partial charge in [0.05, 0.1) is 6.54 Å². The van der Waals surface area contributed by atoms with Gasteiger partial charge < -0.3 is 20.5 Å². The molecule has 27 heavy (non-hydrogen) atoms. The number of ether oxygens (including phenoxy) is 1. The van der Waals surface area contributed by atoms with Crippen molar-refractivity contribution in [1.82, 2.24) is 15.5 Å². The number of carboxylic acid groups (broad SMARTS) is 1. The van der Waals surface area contributed by atoms with E-state index in [2.05, 4.69) is 15.4 Å². The molecule has 0 spiro atoms. The fourth-order valence-electron chi connectivity index (χ4n) is 2.90. The van der Waals surface area contributed by atoms with Gasteiger partial charge in [-0.1, -0.05) is 19.1 Å². The molecule has 0 heterocycles. The molecule has 1 saturated carbocycles. The summed E-state index contributed by atoms with van der Waals surface area (Å²) >= 11 is 0. The van der Waals surface area contributed by atoms with Crippen molar-refractivity contribution in [2.75, 3.05) is 13.1 Å². The van der Waals surface area contributed by atoms with Gasteiger partial charge in [0, 0.05) is 18.6 Å². The Morgan fingerprint density at radius 3 is 2.41 bits per heavy atom. The van der Waals surface area contributed by atoms with Crippen molar-refractivity contribution in [3.8, 4) is 5.75 Å². The largest absolute Gasteiger partial charge is 0.573 e. The van der Waals surface area contributed by atoms with Crippen LogP contribution in [-0.2, 0) is 11.3 Å². The van der Waals surface area contributed by atoms with E-state index in [1.54, 1.807) is 0 Å². The number of hydrogen-bond donors (Lipinski definition) is 3. The first kappa shape index (κ1) is 20.8. The highest BCUT2D eigenvalue weighted by molar-refractivity contribution is 5.74. The lowest BCUT2D eigenvalue weighted by Gasteiger charge is -2.42. The van der Waals surface area contributed by atoms with Gasteiger partial charge in [-0.15, -0.1) is 13.2 Å². The molecule has 1 aromatic rings. The summed E-state index contributed by atoms with van der Waals surface area (Å²) in [6, 6.07) is 4.97. The molecule has 150 valence electrons. The SMILES string of the molecule is CCN(CC(=O)O)C1CC(NC(=O)NCc2ccc(OC(F)(F)F)cc2)C1. The molecule has 1 fully saturated rings. The fourth-order valence-corrected chi connectivity index (χ4v) is 2.90. The molecule has 7 nitrogen and oxygen atoms in total. The smallest absolute Gasteiger partial charge is 0.480 e. The molecule has 0 aromatic heterocycles. The number of carbonyl (C=O) groups excluding carboxylic acids is 1. The predicted molar refractivity (Wildman–Crippen MR) is 90.2 cm³/mol. The van der Waals surface area contributed by atoms with Crippen molar-refractivity contribution in [3.63, 3.8) is 0 Å². The zero-order chi connectivity index (χ0) is 20.0. The van der Waals surface area contributed by atoms with Gasteiger partial charge in [0.25, 0.3) is 0 Å². The van der Waals surface area contributed by atoms with Crippen LogP contribution in [0.25, 0.3) is 0 Å². The number of alkyl halides is 3. The second kappa shape index (κ2) is 8.94. The van der Waals surface area contributed by atoms with Crippen molar-refractivity contribution < 1.29 is 32.6 Å². The van der Waals surface area contributed by atoms with Crippen molar-refractivity contribution in [3.05, 3.63) is 29.8 Å². The van der Waals surface area contributed by atoms with Gasteiger partial charge in [0.1, 0.15) is 5.75 Å². The molecular weight excluding hydrogens is 367 g/mol. The standard InChI is InChI=1S/C17H22F3N3O4/c1-2-23(10-15(24)25)13-7-12(8-13)22-16(26)21-9-11-3-5-14(6-4-11)27-17(18,19)20/h3-6,12-13H,2,7-10H2,1H3,(H,24,25)(H2,21,22,26). The lowest BCUT2D eigenvalue weighted by atomic mass is 9.85. The molecule has 2 amide bonds. The number of benzene rings is 1. The van der Waals surface area contributed by atoms with Crippen LogP contribution >= 0.6 is 0 Å². The highest BCUT2D eigenvalue weighted by atomic mass is 19.4. The summed E-state index contributed by atoms with van der Waals surface area (Å²) in [5, 5.41) is 14.3. The molecule has 0 aliphatic heterocycles. The van der Waals surface area contributed by atoms with Crippen LogP contribution in [0.2, 0.25) is 0 Å². The molecule has 0 unspecified atom stereocenters. The molecule has 0 atom stereocenters. The third-order valence-electron chi connectivity index (χ3n) is 4.32. The quantitative estimate of drug-likeness (QED) is 0.635. The number of carboxylic acids is 1. The molecule has 2 rings (SSSR count). The Labute approximate surface area is 154 Å². The first-order chi connectivity index (χ1) is 12.7. The van der Waals surface area contributed by atoms with Crippen LogP contribution in [0.5, 0.6) is 5.75 Å². The molecular formula is C17H22F3N3O4. The molecule has 3 N–H and O–H groups in total. The summed E-state index contributed by atoms with van der Waals surface area (Å²) in [5.74, 6) is -1.20. The average molecular weight is 389 g/mol. The van der Waals surface area contributed by atoms with Gasteiger partial charge >= 0.3 is 18.4 Å². The molecule has 0 saturated heterocycles. The highest BCUT2D eigenvalue weighted by Gasteiger charge is 2.34. The second-order valence-corrected chi connectivity index (χ2v) is 6.30. The van der Waals surface area contributed by atoms with Crippen LogP contribution in [0.1, 0.15) is 25.3 Å². The van der Waals surface area contributed by atoms with Crippen molar-refractivity contribution in [2.24, 2.45) is 0 Å². The second-order valence-electron chi connectivity index (χ2n) is 6.30.